The van der Waals surface area contributed by atoms with Crippen LogP contribution >= 0.6 is 0 Å². The van der Waals surface area contributed by atoms with Gasteiger partial charge in [0, 0.05) is 24.4 Å². The number of hydrogen-bond donors (Lipinski definition) is 3. The van der Waals surface area contributed by atoms with Crippen LogP contribution in [0.5, 0.6) is 5.75 Å². The first-order chi connectivity index (χ1) is 19.7. The Hall–Kier alpha value is -2.65. The summed E-state index contributed by atoms with van der Waals surface area (Å²) in [6.07, 6.45) is 4.52. The highest BCUT2D eigenvalue weighted by molar-refractivity contribution is 6.02. The third-order valence-electron chi connectivity index (χ3n) is 9.14. The minimum atomic E-state index is -1.06. The smallest absolute Gasteiger partial charge is 0.246 e. The molecule has 2 bridgehead atoms. The third-order valence-corrected chi connectivity index (χ3v) is 9.14. The van der Waals surface area contributed by atoms with Crippen LogP contribution < -0.4 is 15.4 Å². The predicted molar refractivity (Wildman–Crippen MR) is 162 cm³/mol. The van der Waals surface area contributed by atoms with E-state index in [4.69, 9.17) is 9.47 Å². The van der Waals surface area contributed by atoms with Gasteiger partial charge in [0.2, 0.25) is 17.7 Å². The zero-order chi connectivity index (χ0) is 30.9. The molecule has 3 fully saturated rings. The van der Waals surface area contributed by atoms with Gasteiger partial charge in [0.05, 0.1) is 24.0 Å². The van der Waals surface area contributed by atoms with Gasteiger partial charge in [-0.25, -0.2) is 0 Å². The lowest BCUT2D eigenvalue weighted by Gasteiger charge is -2.38. The fourth-order valence-electron chi connectivity index (χ4n) is 8.02. The number of unbranched alkanes of at least 4 members (excludes halogenated alkanes) is 2. The molecule has 3 amide bonds. The second-order valence-electron chi connectivity index (χ2n) is 14.2. The van der Waals surface area contributed by atoms with Crippen molar-refractivity contribution in [3.8, 4) is 5.75 Å². The molecule has 234 valence electrons. The molecule has 4 rings (SSSR count). The number of fused-ring (bicyclic) bond motifs is 1. The molecule has 9 nitrogen and oxygen atoms in total. The van der Waals surface area contributed by atoms with Gasteiger partial charge in [-0.05, 0) is 95.4 Å². The molecule has 42 heavy (non-hydrogen) atoms. The fraction of sp³-hybridized carbons (Fsp3) is 0.727. The topological polar surface area (TPSA) is 117 Å². The quantitative estimate of drug-likeness (QED) is 0.290. The molecule has 2 unspecified atom stereocenters. The molecular weight excluding hydrogens is 534 g/mol. The Labute approximate surface area is 251 Å². The molecule has 5 atom stereocenters. The van der Waals surface area contributed by atoms with E-state index in [1.165, 1.54) is 0 Å². The van der Waals surface area contributed by atoms with Crippen LogP contribution in [0.25, 0.3) is 0 Å². The molecule has 3 N–H and O–H groups in total. The van der Waals surface area contributed by atoms with E-state index < -0.39 is 34.6 Å². The van der Waals surface area contributed by atoms with Gasteiger partial charge in [-0.3, -0.25) is 14.4 Å². The highest BCUT2D eigenvalue weighted by Gasteiger charge is 2.78. The summed E-state index contributed by atoms with van der Waals surface area (Å²) < 4.78 is 12.4. The van der Waals surface area contributed by atoms with Gasteiger partial charge in [-0.2, -0.15) is 0 Å². The number of likely N-dealkylation sites (tertiary alicyclic amines) is 1. The van der Waals surface area contributed by atoms with Crippen molar-refractivity contribution in [1.82, 2.24) is 10.2 Å². The zero-order valence-electron chi connectivity index (χ0n) is 26.5. The molecule has 0 saturated carbocycles. The molecule has 3 aliphatic rings. The van der Waals surface area contributed by atoms with Gasteiger partial charge < -0.3 is 30.1 Å². The number of anilines is 1. The molecule has 1 spiro atoms. The van der Waals surface area contributed by atoms with Crippen molar-refractivity contribution in [2.24, 2.45) is 17.3 Å². The van der Waals surface area contributed by atoms with Crippen LogP contribution in [0.15, 0.2) is 24.3 Å². The number of hydrogen-bond acceptors (Lipinski definition) is 6. The SMILES string of the molecule is CCOc1ccc(NC(=O)[C@@H]2[C@H]3C(=O)N(CCCCCO)C(C(=O)NC(C)(C)CC(C)(C)C)C34CC[C@@]2(CC)O4)cc1. The Morgan fingerprint density at radius 2 is 1.74 bits per heavy atom. The van der Waals surface area contributed by atoms with E-state index >= 15 is 0 Å². The number of carbonyl (C=O) groups is 3. The Morgan fingerprint density at radius 1 is 1.05 bits per heavy atom. The number of nitrogens with zero attached hydrogens (tertiary/aromatic N) is 1. The summed E-state index contributed by atoms with van der Waals surface area (Å²) in [7, 11) is 0. The van der Waals surface area contributed by atoms with E-state index in [-0.39, 0.29) is 29.7 Å². The number of nitrogens with one attached hydrogen (secondary N) is 2. The summed E-state index contributed by atoms with van der Waals surface area (Å²) in [5.74, 6) is -1.40. The molecule has 0 radical (unpaired) electrons. The van der Waals surface area contributed by atoms with E-state index in [1.807, 2.05) is 39.8 Å². The van der Waals surface area contributed by atoms with Gasteiger partial charge in [-0.1, -0.05) is 27.7 Å². The van der Waals surface area contributed by atoms with E-state index in [1.54, 1.807) is 17.0 Å². The molecular formula is C33H51N3O6. The second-order valence-corrected chi connectivity index (χ2v) is 14.2. The average Bonchev–Trinajstić information content (AvgIpc) is 3.49. The summed E-state index contributed by atoms with van der Waals surface area (Å²) in [4.78, 5) is 44.2. The summed E-state index contributed by atoms with van der Waals surface area (Å²) in [5, 5.41) is 15.6. The maximum atomic E-state index is 14.3. The lowest BCUT2D eigenvalue weighted by Crippen LogP contribution is -2.59. The zero-order valence-corrected chi connectivity index (χ0v) is 26.5. The van der Waals surface area contributed by atoms with Crippen LogP contribution in [0.2, 0.25) is 0 Å². The van der Waals surface area contributed by atoms with E-state index in [9.17, 15) is 19.5 Å². The number of aliphatic hydroxyl groups is 1. The minimum absolute atomic E-state index is 0.00822. The van der Waals surface area contributed by atoms with Gasteiger partial charge in [0.15, 0.2) is 0 Å². The predicted octanol–water partition coefficient (Wildman–Crippen LogP) is 4.67. The monoisotopic (exact) mass is 585 g/mol. The van der Waals surface area contributed by atoms with E-state index in [0.29, 0.717) is 56.7 Å². The Kier molecular flexibility index (Phi) is 9.34. The average molecular weight is 586 g/mol. The largest absolute Gasteiger partial charge is 0.494 e. The van der Waals surface area contributed by atoms with Gasteiger partial charge >= 0.3 is 0 Å². The van der Waals surface area contributed by atoms with Crippen LogP contribution in [0.1, 0.15) is 93.4 Å². The molecule has 3 aliphatic heterocycles. The lowest BCUT2D eigenvalue weighted by molar-refractivity contribution is -0.147. The molecule has 0 aliphatic carbocycles. The molecule has 9 heteroatoms. The van der Waals surface area contributed by atoms with Gasteiger partial charge in [0.1, 0.15) is 17.4 Å². The Morgan fingerprint density at radius 3 is 2.33 bits per heavy atom. The lowest BCUT2D eigenvalue weighted by atomic mass is 9.65. The molecule has 1 aromatic rings. The highest BCUT2D eigenvalue weighted by atomic mass is 16.5. The first kappa shape index (κ1) is 32.3. The van der Waals surface area contributed by atoms with E-state index in [0.717, 1.165) is 12.8 Å². The summed E-state index contributed by atoms with van der Waals surface area (Å²) in [5.41, 5.74) is -1.76. The maximum Gasteiger partial charge on any atom is 0.246 e. The van der Waals surface area contributed by atoms with Crippen LogP contribution in [0.3, 0.4) is 0 Å². The second kappa shape index (κ2) is 12.2. The van der Waals surface area contributed by atoms with Crippen molar-refractivity contribution in [1.29, 1.82) is 0 Å². The van der Waals surface area contributed by atoms with Crippen molar-refractivity contribution in [2.45, 2.75) is 116 Å². The minimum Gasteiger partial charge on any atom is -0.494 e. The van der Waals surface area contributed by atoms with Crippen molar-refractivity contribution in [3.05, 3.63) is 24.3 Å². The Bertz CT molecular complexity index is 1150. The fourth-order valence-corrected chi connectivity index (χ4v) is 8.02. The highest BCUT2D eigenvalue weighted by Crippen LogP contribution is 2.64. The summed E-state index contributed by atoms with van der Waals surface area (Å²) in [6.45, 7) is 15.4. The van der Waals surface area contributed by atoms with Crippen molar-refractivity contribution in [3.63, 3.8) is 0 Å². The number of ether oxygens (including phenoxy) is 2. The molecule has 0 aromatic heterocycles. The number of benzene rings is 1. The Balaban J connectivity index is 1.66. The van der Waals surface area contributed by atoms with Crippen molar-refractivity contribution >= 4 is 23.4 Å². The normalized spacial score (nSPS) is 28.6. The van der Waals surface area contributed by atoms with Crippen LogP contribution in [-0.2, 0) is 19.1 Å². The van der Waals surface area contributed by atoms with Crippen LogP contribution in [0, 0.1) is 17.3 Å². The first-order valence-electron chi connectivity index (χ1n) is 15.7. The van der Waals surface area contributed by atoms with Crippen molar-refractivity contribution in [2.75, 3.05) is 25.1 Å². The van der Waals surface area contributed by atoms with Crippen molar-refractivity contribution < 1.29 is 29.0 Å². The number of carbonyl (C=O) groups excluding carboxylic acids is 3. The summed E-state index contributed by atoms with van der Waals surface area (Å²) >= 11 is 0. The maximum absolute atomic E-state index is 14.3. The van der Waals surface area contributed by atoms with Gasteiger partial charge in [0.25, 0.3) is 0 Å². The third kappa shape index (κ3) is 6.18. The number of amides is 3. The standard InChI is InChI=1S/C33H51N3O6/c1-8-32-17-18-33(42-32)25(24(32)27(38)34-22-13-15-23(16-14-22)41-9-2)29(40)36(19-11-10-12-20-37)26(33)28(39)35-31(6,7)21-30(3,4)5/h13-16,24-26,37H,8-12,17-21H2,1-7H3,(H,34,38)(H,35,39)/t24-,25-,26?,32+,33?/m0/s1. The number of rotatable bonds is 13. The van der Waals surface area contributed by atoms with E-state index in [2.05, 4.69) is 31.4 Å². The van der Waals surface area contributed by atoms with Crippen LogP contribution in [-0.4, -0.2) is 70.3 Å². The van der Waals surface area contributed by atoms with Crippen LogP contribution in [0.4, 0.5) is 5.69 Å². The summed E-state index contributed by atoms with van der Waals surface area (Å²) in [6, 6.07) is 6.38. The van der Waals surface area contributed by atoms with Gasteiger partial charge in [-0.15, -0.1) is 0 Å². The molecule has 1 aromatic carbocycles. The first-order valence-corrected chi connectivity index (χ1v) is 15.7. The number of aliphatic hydroxyl groups excluding tert-OH is 1. The molecule has 3 heterocycles. The molecule has 3 saturated heterocycles.